The van der Waals surface area contributed by atoms with Crippen molar-refractivity contribution < 1.29 is 4.74 Å². The van der Waals surface area contributed by atoms with Crippen LogP contribution in [0.5, 0.6) is 5.75 Å². The van der Waals surface area contributed by atoms with Crippen LogP contribution in [0, 0.1) is 0 Å². The van der Waals surface area contributed by atoms with Crippen molar-refractivity contribution in [2.75, 3.05) is 0 Å². The molecule has 2 atom stereocenters. The van der Waals surface area contributed by atoms with Gasteiger partial charge in [0.25, 0.3) is 0 Å². The maximum Gasteiger partial charge on any atom is 0.141 e. The molecule has 1 saturated carbocycles. The molecule has 0 radical (unpaired) electrons. The molecule has 0 spiro atoms. The topological polar surface area (TPSA) is 47.0 Å². The van der Waals surface area contributed by atoms with Crippen LogP contribution in [0.2, 0.25) is 0 Å². The standard InChI is InChI=1S/C21H21N3O/c1-2-5-16(6-3-1)15-25-18-9-7-17(8-10-18)19-13-20(19)24-14-21-22-11-4-12-23-21/h1-12,19-20,24H,13-15H2/t19-,20+/m0/s1. The summed E-state index contributed by atoms with van der Waals surface area (Å²) in [5.74, 6) is 2.33. The summed E-state index contributed by atoms with van der Waals surface area (Å²) in [6, 6.07) is 21.0. The number of hydrogen-bond acceptors (Lipinski definition) is 4. The van der Waals surface area contributed by atoms with Gasteiger partial charge in [0.05, 0.1) is 6.54 Å². The Balaban J connectivity index is 1.27. The van der Waals surface area contributed by atoms with E-state index in [1.807, 2.05) is 24.3 Å². The molecule has 1 fully saturated rings. The second kappa shape index (κ2) is 7.45. The lowest BCUT2D eigenvalue weighted by Gasteiger charge is -2.08. The van der Waals surface area contributed by atoms with Gasteiger partial charge >= 0.3 is 0 Å². The maximum atomic E-state index is 5.85. The average molecular weight is 331 g/mol. The smallest absolute Gasteiger partial charge is 0.141 e. The Labute approximate surface area is 147 Å². The Morgan fingerprint density at radius 3 is 2.44 bits per heavy atom. The van der Waals surface area contributed by atoms with E-state index in [4.69, 9.17) is 4.74 Å². The van der Waals surface area contributed by atoms with Crippen molar-refractivity contribution in [1.29, 1.82) is 0 Å². The van der Waals surface area contributed by atoms with Crippen molar-refractivity contribution in [3.8, 4) is 5.75 Å². The highest BCUT2D eigenvalue weighted by Crippen LogP contribution is 2.41. The number of hydrogen-bond donors (Lipinski definition) is 1. The van der Waals surface area contributed by atoms with Crippen molar-refractivity contribution in [3.05, 3.63) is 90.0 Å². The normalized spacial score (nSPS) is 18.7. The van der Waals surface area contributed by atoms with E-state index in [2.05, 4.69) is 51.7 Å². The van der Waals surface area contributed by atoms with Crippen LogP contribution in [0.25, 0.3) is 0 Å². The monoisotopic (exact) mass is 331 g/mol. The average Bonchev–Trinajstić information content (AvgIpc) is 3.47. The molecule has 1 heterocycles. The van der Waals surface area contributed by atoms with Crippen molar-refractivity contribution >= 4 is 0 Å². The van der Waals surface area contributed by atoms with Gasteiger partial charge in [0, 0.05) is 24.4 Å². The summed E-state index contributed by atoms with van der Waals surface area (Å²) in [7, 11) is 0. The van der Waals surface area contributed by atoms with Crippen molar-refractivity contribution in [1.82, 2.24) is 15.3 Å². The molecule has 1 aromatic heterocycles. The molecule has 1 aliphatic carbocycles. The summed E-state index contributed by atoms with van der Waals surface area (Å²) in [5, 5.41) is 3.53. The summed E-state index contributed by atoms with van der Waals surface area (Å²) in [4.78, 5) is 8.49. The van der Waals surface area contributed by atoms with E-state index < -0.39 is 0 Å². The highest BCUT2D eigenvalue weighted by molar-refractivity contribution is 5.34. The largest absolute Gasteiger partial charge is 0.489 e. The Kier molecular flexibility index (Phi) is 4.70. The molecule has 1 N–H and O–H groups in total. The quantitative estimate of drug-likeness (QED) is 0.717. The van der Waals surface area contributed by atoms with Crippen LogP contribution in [0.1, 0.15) is 29.3 Å². The van der Waals surface area contributed by atoms with Crippen LogP contribution in [-0.4, -0.2) is 16.0 Å². The molecule has 0 amide bonds. The van der Waals surface area contributed by atoms with E-state index in [9.17, 15) is 0 Å². The van der Waals surface area contributed by atoms with E-state index in [1.54, 1.807) is 12.4 Å². The van der Waals surface area contributed by atoms with Gasteiger partial charge < -0.3 is 10.1 Å². The lowest BCUT2D eigenvalue weighted by molar-refractivity contribution is 0.306. The highest BCUT2D eigenvalue weighted by atomic mass is 16.5. The fraction of sp³-hybridized carbons (Fsp3) is 0.238. The van der Waals surface area contributed by atoms with Gasteiger partial charge in [0.2, 0.25) is 0 Å². The second-order valence-electron chi connectivity index (χ2n) is 6.34. The third-order valence-corrected chi connectivity index (χ3v) is 4.49. The van der Waals surface area contributed by atoms with Crippen LogP contribution in [0.4, 0.5) is 0 Å². The first-order valence-electron chi connectivity index (χ1n) is 8.64. The number of rotatable bonds is 7. The molecule has 4 rings (SSSR count). The van der Waals surface area contributed by atoms with Gasteiger partial charge in [-0.25, -0.2) is 9.97 Å². The Morgan fingerprint density at radius 2 is 1.68 bits per heavy atom. The molecular formula is C21H21N3O. The third-order valence-electron chi connectivity index (χ3n) is 4.49. The molecule has 4 nitrogen and oxygen atoms in total. The van der Waals surface area contributed by atoms with E-state index in [0.717, 1.165) is 24.5 Å². The molecule has 3 aromatic rings. The minimum absolute atomic E-state index is 0.514. The van der Waals surface area contributed by atoms with Crippen LogP contribution in [0.15, 0.2) is 73.1 Å². The van der Waals surface area contributed by atoms with E-state index in [0.29, 0.717) is 18.6 Å². The van der Waals surface area contributed by atoms with Gasteiger partial charge in [-0.1, -0.05) is 42.5 Å². The zero-order valence-electron chi connectivity index (χ0n) is 14.0. The fourth-order valence-electron chi connectivity index (χ4n) is 2.98. The summed E-state index contributed by atoms with van der Waals surface area (Å²) in [5.41, 5.74) is 2.54. The Hall–Kier alpha value is -2.72. The number of nitrogens with zero attached hydrogens (tertiary/aromatic N) is 2. The van der Waals surface area contributed by atoms with Crippen molar-refractivity contribution in [2.45, 2.75) is 31.5 Å². The summed E-state index contributed by atoms with van der Waals surface area (Å²) in [6.45, 7) is 1.32. The van der Waals surface area contributed by atoms with Crippen molar-refractivity contribution in [3.63, 3.8) is 0 Å². The summed E-state index contributed by atoms with van der Waals surface area (Å²) < 4.78 is 5.85. The number of nitrogens with one attached hydrogen (secondary N) is 1. The molecule has 0 bridgehead atoms. The van der Waals surface area contributed by atoms with Crippen LogP contribution in [0.3, 0.4) is 0 Å². The molecule has 0 aliphatic heterocycles. The predicted octanol–water partition coefficient (Wildman–Crippen LogP) is 3.70. The number of aromatic nitrogens is 2. The van der Waals surface area contributed by atoms with E-state index in [1.165, 1.54) is 11.1 Å². The lowest BCUT2D eigenvalue weighted by atomic mass is 10.1. The highest BCUT2D eigenvalue weighted by Gasteiger charge is 2.37. The van der Waals surface area contributed by atoms with Gasteiger partial charge in [-0.2, -0.15) is 0 Å². The van der Waals surface area contributed by atoms with Gasteiger partial charge in [0.15, 0.2) is 0 Å². The Bertz CT molecular complexity index is 790. The first kappa shape index (κ1) is 15.8. The minimum Gasteiger partial charge on any atom is -0.489 e. The third kappa shape index (κ3) is 4.22. The molecule has 0 unspecified atom stereocenters. The van der Waals surface area contributed by atoms with Crippen LogP contribution < -0.4 is 10.1 Å². The maximum absolute atomic E-state index is 5.85. The molecule has 126 valence electrons. The lowest BCUT2D eigenvalue weighted by Crippen LogP contribution is -2.18. The molecule has 1 aliphatic rings. The van der Waals surface area contributed by atoms with Crippen LogP contribution in [-0.2, 0) is 13.2 Å². The van der Waals surface area contributed by atoms with Gasteiger partial charge in [-0.05, 0) is 35.7 Å². The molecular weight excluding hydrogens is 310 g/mol. The zero-order chi connectivity index (χ0) is 16.9. The molecule has 2 aromatic carbocycles. The molecule has 0 saturated heterocycles. The van der Waals surface area contributed by atoms with E-state index >= 15 is 0 Å². The Morgan fingerprint density at radius 1 is 0.920 bits per heavy atom. The zero-order valence-corrected chi connectivity index (χ0v) is 14.0. The van der Waals surface area contributed by atoms with Gasteiger partial charge in [0.1, 0.15) is 18.2 Å². The predicted molar refractivity (Wildman–Crippen MR) is 97.2 cm³/mol. The van der Waals surface area contributed by atoms with Gasteiger partial charge in [-0.15, -0.1) is 0 Å². The van der Waals surface area contributed by atoms with Gasteiger partial charge in [-0.3, -0.25) is 0 Å². The second-order valence-corrected chi connectivity index (χ2v) is 6.34. The molecule has 4 heteroatoms. The van der Waals surface area contributed by atoms with Crippen LogP contribution >= 0.6 is 0 Å². The number of benzene rings is 2. The SMILES string of the molecule is c1ccc(COc2ccc([C@@H]3C[C@H]3NCc3ncccn3)cc2)cc1. The first-order valence-corrected chi connectivity index (χ1v) is 8.64. The summed E-state index contributed by atoms with van der Waals surface area (Å²) in [6.07, 6.45) is 4.72. The first-order chi connectivity index (χ1) is 12.4. The van der Waals surface area contributed by atoms with Crippen molar-refractivity contribution in [2.24, 2.45) is 0 Å². The fourth-order valence-corrected chi connectivity index (χ4v) is 2.98. The minimum atomic E-state index is 0.514. The van der Waals surface area contributed by atoms with E-state index in [-0.39, 0.29) is 0 Å². The number of ether oxygens (including phenoxy) is 1. The molecule has 25 heavy (non-hydrogen) atoms. The summed E-state index contributed by atoms with van der Waals surface area (Å²) >= 11 is 0.